The molecule has 0 saturated heterocycles. The van der Waals surface area contributed by atoms with Crippen molar-refractivity contribution in [2.45, 2.75) is 23.7 Å². The molecule has 1 saturated carbocycles. The molecule has 15 rings (SSSR count). The molecule has 1 heteroatoms. The molecule has 6 aliphatic rings. The molecule has 0 heterocycles. The summed E-state index contributed by atoms with van der Waals surface area (Å²) in [6, 6.07) is 73.8. The summed E-state index contributed by atoms with van der Waals surface area (Å²) >= 11 is 0. The summed E-state index contributed by atoms with van der Waals surface area (Å²) in [7, 11) is 0. The van der Waals surface area contributed by atoms with E-state index in [1.807, 2.05) is 0 Å². The molecule has 0 radical (unpaired) electrons. The van der Waals surface area contributed by atoms with Crippen molar-refractivity contribution in [2.24, 2.45) is 11.8 Å². The number of benzene rings is 9. The van der Waals surface area contributed by atoms with Gasteiger partial charge in [0.05, 0.1) is 5.41 Å². The monoisotopic (exact) mass is 825 g/mol. The van der Waals surface area contributed by atoms with E-state index in [-0.39, 0.29) is 11.8 Å². The molecule has 5 unspecified atom stereocenters. The van der Waals surface area contributed by atoms with Gasteiger partial charge in [0.2, 0.25) is 0 Å². The van der Waals surface area contributed by atoms with E-state index in [0.717, 1.165) is 11.4 Å². The maximum Gasteiger partial charge on any atom is 0.0539 e. The summed E-state index contributed by atoms with van der Waals surface area (Å²) < 4.78 is 0. The van der Waals surface area contributed by atoms with Gasteiger partial charge >= 0.3 is 0 Å². The second kappa shape index (κ2) is 13.2. The Hall–Kier alpha value is -7.74. The minimum atomic E-state index is -0.390. The molecule has 0 amide bonds. The molecule has 5 atom stereocenters. The third kappa shape index (κ3) is 4.83. The third-order valence-electron chi connectivity index (χ3n) is 16.0. The van der Waals surface area contributed by atoms with Crippen molar-refractivity contribution < 1.29 is 0 Å². The van der Waals surface area contributed by atoms with Crippen LogP contribution in [0.25, 0.3) is 66.9 Å². The Kier molecular flexibility index (Phi) is 7.23. The molecule has 9 aromatic rings. The van der Waals surface area contributed by atoms with Crippen LogP contribution in [0.1, 0.15) is 57.2 Å². The number of rotatable bonds is 5. The highest BCUT2D eigenvalue weighted by Crippen LogP contribution is 2.68. The first-order valence-electron chi connectivity index (χ1n) is 23.4. The standard InChI is InChI=1S/C64H43N/c1-2-13-39(14-3-1)40-25-29-43(30-26-40)65(44-31-27-41(28-32-44)54-35-42-15-4-5-16-46(42)55-37-56(54)55)45-33-34-50-49-19-8-10-23-58(49)64(60(50)36-45)59-24-11-9-20-52(59)63-53-22-12-21-51-47-17-6-7-18-48(47)57(62(51)53)38-61(63)64/h1-36,38,49,55-56,58H,37H2. The number of hydrogen-bond acceptors (Lipinski definition) is 1. The van der Waals surface area contributed by atoms with Gasteiger partial charge in [0.25, 0.3) is 0 Å². The molecule has 1 nitrogen and oxygen atoms in total. The van der Waals surface area contributed by atoms with Gasteiger partial charge in [-0.2, -0.15) is 0 Å². The van der Waals surface area contributed by atoms with Crippen molar-refractivity contribution in [1.82, 2.24) is 0 Å². The molecule has 65 heavy (non-hydrogen) atoms. The second-order valence-electron chi connectivity index (χ2n) is 19.0. The van der Waals surface area contributed by atoms with Crippen LogP contribution in [0.5, 0.6) is 0 Å². The zero-order valence-electron chi connectivity index (χ0n) is 35.8. The number of nitrogens with zero attached hydrogens (tertiary/aromatic N) is 1. The molecule has 304 valence electrons. The number of allylic oxidation sites excluding steroid dienone is 5. The largest absolute Gasteiger partial charge is 0.310 e. The predicted molar refractivity (Wildman–Crippen MR) is 270 cm³/mol. The van der Waals surface area contributed by atoms with Crippen molar-refractivity contribution >= 4 is 39.5 Å². The summed E-state index contributed by atoms with van der Waals surface area (Å²) in [5, 5.41) is 2.75. The molecule has 0 bridgehead atoms. The van der Waals surface area contributed by atoms with Crippen LogP contribution in [0.2, 0.25) is 0 Å². The minimum Gasteiger partial charge on any atom is -0.310 e. The van der Waals surface area contributed by atoms with Gasteiger partial charge in [-0.15, -0.1) is 0 Å². The molecule has 9 aromatic carbocycles. The summed E-state index contributed by atoms with van der Waals surface area (Å²) in [5.74, 6) is 1.73. The smallest absolute Gasteiger partial charge is 0.0539 e. The maximum absolute atomic E-state index is 2.61. The predicted octanol–water partition coefficient (Wildman–Crippen LogP) is 16.4. The van der Waals surface area contributed by atoms with Crippen LogP contribution in [-0.4, -0.2) is 0 Å². The molecule has 0 aliphatic heterocycles. The van der Waals surface area contributed by atoms with Crippen LogP contribution in [0.3, 0.4) is 0 Å². The summed E-state index contributed by atoms with van der Waals surface area (Å²) in [5.41, 5.74) is 25.1. The lowest BCUT2D eigenvalue weighted by Gasteiger charge is -2.37. The van der Waals surface area contributed by atoms with E-state index in [1.165, 1.54) is 112 Å². The van der Waals surface area contributed by atoms with E-state index in [4.69, 9.17) is 0 Å². The van der Waals surface area contributed by atoms with Crippen LogP contribution in [0.15, 0.2) is 218 Å². The molecule has 1 fully saturated rings. The first kappa shape index (κ1) is 35.7. The topological polar surface area (TPSA) is 3.24 Å². The summed E-state index contributed by atoms with van der Waals surface area (Å²) in [6.07, 6.45) is 13.3. The number of fused-ring (bicyclic) bond motifs is 17. The summed E-state index contributed by atoms with van der Waals surface area (Å²) in [6.45, 7) is 0. The molecular formula is C64H43N. The van der Waals surface area contributed by atoms with Gasteiger partial charge in [-0.05, 0) is 161 Å². The van der Waals surface area contributed by atoms with Crippen molar-refractivity contribution in [3.63, 3.8) is 0 Å². The zero-order valence-corrected chi connectivity index (χ0v) is 35.8. The van der Waals surface area contributed by atoms with Gasteiger partial charge in [-0.25, -0.2) is 0 Å². The third-order valence-corrected chi connectivity index (χ3v) is 16.0. The van der Waals surface area contributed by atoms with Gasteiger partial charge < -0.3 is 4.90 Å². The zero-order chi connectivity index (χ0) is 42.4. The molecule has 0 N–H and O–H groups in total. The van der Waals surface area contributed by atoms with E-state index in [0.29, 0.717) is 11.8 Å². The Bertz CT molecular complexity index is 3590. The average molecular weight is 826 g/mol. The Morgan fingerprint density at radius 2 is 1.09 bits per heavy atom. The lowest BCUT2D eigenvalue weighted by atomic mass is 9.65. The second-order valence-corrected chi connectivity index (χ2v) is 19.0. The van der Waals surface area contributed by atoms with Crippen LogP contribution in [0, 0.1) is 11.8 Å². The van der Waals surface area contributed by atoms with E-state index >= 15 is 0 Å². The highest BCUT2D eigenvalue weighted by atomic mass is 15.1. The minimum absolute atomic E-state index is 0.225. The van der Waals surface area contributed by atoms with Crippen LogP contribution in [-0.2, 0) is 5.41 Å². The van der Waals surface area contributed by atoms with E-state index in [2.05, 4.69) is 229 Å². The fraction of sp³-hybridized carbons (Fsp3) is 0.0938. The number of anilines is 3. The van der Waals surface area contributed by atoms with Crippen molar-refractivity contribution in [2.75, 3.05) is 4.90 Å². The van der Waals surface area contributed by atoms with Crippen LogP contribution >= 0.6 is 0 Å². The van der Waals surface area contributed by atoms with Crippen molar-refractivity contribution in [3.8, 4) is 44.5 Å². The Labute approximate surface area is 380 Å². The average Bonchev–Trinajstić information content (AvgIpc) is 3.96. The fourth-order valence-corrected chi connectivity index (χ4v) is 13.2. The lowest BCUT2D eigenvalue weighted by Crippen LogP contribution is -2.33. The lowest BCUT2D eigenvalue weighted by molar-refractivity contribution is 0.466. The Morgan fingerprint density at radius 3 is 1.92 bits per heavy atom. The van der Waals surface area contributed by atoms with Gasteiger partial charge in [-0.3, -0.25) is 0 Å². The van der Waals surface area contributed by atoms with Crippen LogP contribution in [0.4, 0.5) is 17.1 Å². The summed E-state index contributed by atoms with van der Waals surface area (Å²) in [4.78, 5) is 2.49. The molecule has 6 aliphatic carbocycles. The van der Waals surface area contributed by atoms with E-state index in [9.17, 15) is 0 Å². The number of hydrogen-bond donors (Lipinski definition) is 0. The maximum atomic E-state index is 2.61. The van der Waals surface area contributed by atoms with Crippen molar-refractivity contribution in [3.05, 3.63) is 257 Å². The van der Waals surface area contributed by atoms with E-state index in [1.54, 1.807) is 0 Å². The molecular weight excluding hydrogens is 783 g/mol. The highest BCUT2D eigenvalue weighted by molar-refractivity contribution is 6.20. The quantitative estimate of drug-likeness (QED) is 0.167. The van der Waals surface area contributed by atoms with Gasteiger partial charge in [-0.1, -0.05) is 182 Å². The van der Waals surface area contributed by atoms with Gasteiger partial charge in [0.15, 0.2) is 0 Å². The van der Waals surface area contributed by atoms with Gasteiger partial charge in [0.1, 0.15) is 0 Å². The highest BCUT2D eigenvalue weighted by Gasteiger charge is 2.58. The van der Waals surface area contributed by atoms with E-state index < -0.39 is 5.41 Å². The molecule has 1 spiro atoms. The fourth-order valence-electron chi connectivity index (χ4n) is 13.2. The molecule has 0 aromatic heterocycles. The first-order chi connectivity index (χ1) is 32.2. The van der Waals surface area contributed by atoms with Crippen molar-refractivity contribution in [1.29, 1.82) is 0 Å². The Balaban J connectivity index is 0.944. The van der Waals surface area contributed by atoms with Crippen LogP contribution < -0.4 is 4.90 Å². The normalized spacial score (nSPS) is 21.5. The SMILES string of the molecule is C1=CC2c3ccc(N(c4ccc(C5=Cc6ccccc6C6CC56)cc4)c4ccc(-c5ccccc5)cc4)cc3C3(c4ccccc4-c4c3cc3c5c(cccc45)-c4ccccc4-3)C2C=C1. The van der Waals surface area contributed by atoms with Gasteiger partial charge in [0, 0.05) is 28.9 Å². The Morgan fingerprint density at radius 1 is 0.431 bits per heavy atom. The first-order valence-corrected chi connectivity index (χ1v) is 23.4.